The summed E-state index contributed by atoms with van der Waals surface area (Å²) in [5, 5.41) is 0. The van der Waals surface area contributed by atoms with Crippen LogP contribution >= 0.6 is 0 Å². The van der Waals surface area contributed by atoms with Gasteiger partial charge in [-0.15, -0.1) is 0 Å². The number of aryl methyl sites for hydroxylation is 1. The fraction of sp³-hybridized carbons (Fsp3) is 0.500. The van der Waals surface area contributed by atoms with Gasteiger partial charge in [0.15, 0.2) is 0 Å². The molecular formula is C14H22N2O2. The minimum Gasteiger partial charge on any atom is -0.385 e. The third-order valence-corrected chi connectivity index (χ3v) is 3.01. The second-order valence-electron chi connectivity index (χ2n) is 4.31. The molecule has 1 amide bonds. The van der Waals surface area contributed by atoms with Crippen molar-refractivity contribution >= 4 is 11.6 Å². The van der Waals surface area contributed by atoms with E-state index in [2.05, 4.69) is 6.92 Å². The molecule has 100 valence electrons. The number of rotatable bonds is 6. The van der Waals surface area contributed by atoms with Gasteiger partial charge in [-0.2, -0.15) is 0 Å². The highest BCUT2D eigenvalue weighted by molar-refractivity contribution is 5.96. The summed E-state index contributed by atoms with van der Waals surface area (Å²) >= 11 is 0. The topological polar surface area (TPSA) is 55.6 Å². The van der Waals surface area contributed by atoms with Gasteiger partial charge in [-0.25, -0.2) is 0 Å². The Balaban J connectivity index is 2.67. The Morgan fingerprint density at radius 3 is 2.50 bits per heavy atom. The lowest BCUT2D eigenvalue weighted by Gasteiger charge is -2.21. The third-order valence-electron chi connectivity index (χ3n) is 3.01. The molecule has 0 heterocycles. The van der Waals surface area contributed by atoms with Crippen molar-refractivity contribution in [3.63, 3.8) is 0 Å². The number of benzene rings is 1. The van der Waals surface area contributed by atoms with Gasteiger partial charge in [0.1, 0.15) is 0 Å². The zero-order chi connectivity index (χ0) is 13.5. The SMILES string of the molecule is CCc1ccc(N(C)C(=O)C(N)CCOC)cc1. The summed E-state index contributed by atoms with van der Waals surface area (Å²) in [6.07, 6.45) is 1.53. The molecule has 0 saturated heterocycles. The molecule has 0 radical (unpaired) electrons. The standard InChI is InChI=1S/C14H22N2O2/c1-4-11-5-7-12(8-6-11)16(2)14(17)13(15)9-10-18-3/h5-8,13H,4,9-10,15H2,1-3H3. The molecule has 0 aliphatic heterocycles. The van der Waals surface area contributed by atoms with Crippen LogP contribution < -0.4 is 10.6 Å². The van der Waals surface area contributed by atoms with Crippen molar-refractivity contribution in [3.05, 3.63) is 29.8 Å². The van der Waals surface area contributed by atoms with Crippen LogP contribution in [0, 0.1) is 0 Å². The van der Waals surface area contributed by atoms with Crippen molar-refractivity contribution < 1.29 is 9.53 Å². The molecule has 4 nitrogen and oxygen atoms in total. The number of likely N-dealkylation sites (N-methyl/N-ethyl adjacent to an activating group) is 1. The molecule has 1 aromatic rings. The lowest BCUT2D eigenvalue weighted by atomic mass is 10.1. The number of ether oxygens (including phenoxy) is 1. The van der Waals surface area contributed by atoms with Crippen molar-refractivity contribution in [2.45, 2.75) is 25.8 Å². The number of amides is 1. The molecule has 0 spiro atoms. The van der Waals surface area contributed by atoms with Gasteiger partial charge in [-0.3, -0.25) is 4.79 Å². The molecule has 0 bridgehead atoms. The molecule has 18 heavy (non-hydrogen) atoms. The van der Waals surface area contributed by atoms with Gasteiger partial charge >= 0.3 is 0 Å². The number of nitrogens with zero attached hydrogens (tertiary/aromatic N) is 1. The van der Waals surface area contributed by atoms with E-state index in [4.69, 9.17) is 10.5 Å². The van der Waals surface area contributed by atoms with Crippen LogP contribution in [0.2, 0.25) is 0 Å². The smallest absolute Gasteiger partial charge is 0.243 e. The Hall–Kier alpha value is -1.39. The first-order valence-corrected chi connectivity index (χ1v) is 6.21. The zero-order valence-electron chi connectivity index (χ0n) is 11.3. The molecule has 0 aromatic heterocycles. The molecule has 0 fully saturated rings. The number of nitrogens with two attached hydrogens (primary N) is 1. The lowest BCUT2D eigenvalue weighted by molar-refractivity contribution is -0.119. The average molecular weight is 250 g/mol. The van der Waals surface area contributed by atoms with Crippen LogP contribution in [0.4, 0.5) is 5.69 Å². The third kappa shape index (κ3) is 3.82. The normalized spacial score (nSPS) is 12.2. The van der Waals surface area contributed by atoms with Gasteiger partial charge in [0, 0.05) is 26.5 Å². The van der Waals surface area contributed by atoms with Gasteiger partial charge in [0.05, 0.1) is 6.04 Å². The van der Waals surface area contributed by atoms with E-state index in [-0.39, 0.29) is 5.91 Å². The summed E-state index contributed by atoms with van der Waals surface area (Å²) in [6, 6.07) is 7.43. The maximum Gasteiger partial charge on any atom is 0.243 e. The molecule has 1 unspecified atom stereocenters. The van der Waals surface area contributed by atoms with Crippen LogP contribution in [0.5, 0.6) is 0 Å². The largest absolute Gasteiger partial charge is 0.385 e. The Morgan fingerprint density at radius 1 is 1.39 bits per heavy atom. The zero-order valence-corrected chi connectivity index (χ0v) is 11.3. The van der Waals surface area contributed by atoms with E-state index >= 15 is 0 Å². The fourth-order valence-electron chi connectivity index (χ4n) is 1.70. The fourth-order valence-corrected chi connectivity index (χ4v) is 1.70. The number of carbonyl (C=O) groups is 1. The van der Waals surface area contributed by atoms with Crippen molar-refractivity contribution in [1.82, 2.24) is 0 Å². The molecule has 2 N–H and O–H groups in total. The molecule has 0 aliphatic carbocycles. The van der Waals surface area contributed by atoms with Gasteiger partial charge < -0.3 is 15.4 Å². The Kier molecular flexibility index (Phi) is 5.82. The van der Waals surface area contributed by atoms with Crippen molar-refractivity contribution in [3.8, 4) is 0 Å². The summed E-state index contributed by atoms with van der Waals surface area (Å²) in [4.78, 5) is 13.6. The number of carbonyl (C=O) groups excluding carboxylic acids is 1. The molecule has 1 rings (SSSR count). The maximum absolute atomic E-state index is 12.0. The van der Waals surface area contributed by atoms with Gasteiger partial charge in [0.25, 0.3) is 0 Å². The van der Waals surface area contributed by atoms with Crippen molar-refractivity contribution in [2.24, 2.45) is 5.73 Å². The number of methoxy groups -OCH3 is 1. The van der Waals surface area contributed by atoms with Crippen molar-refractivity contribution in [2.75, 3.05) is 25.7 Å². The molecule has 1 aromatic carbocycles. The van der Waals surface area contributed by atoms with E-state index in [1.54, 1.807) is 19.1 Å². The number of anilines is 1. The van der Waals surface area contributed by atoms with Crippen molar-refractivity contribution in [1.29, 1.82) is 0 Å². The number of hydrogen-bond acceptors (Lipinski definition) is 3. The van der Waals surface area contributed by atoms with Gasteiger partial charge in [0.2, 0.25) is 5.91 Å². The minimum absolute atomic E-state index is 0.0868. The summed E-state index contributed by atoms with van der Waals surface area (Å²) in [6.45, 7) is 2.60. The minimum atomic E-state index is -0.513. The first-order valence-electron chi connectivity index (χ1n) is 6.21. The first-order chi connectivity index (χ1) is 8.60. The summed E-state index contributed by atoms with van der Waals surface area (Å²) in [7, 11) is 3.35. The Labute approximate surface area is 109 Å². The predicted molar refractivity (Wildman–Crippen MR) is 73.7 cm³/mol. The van der Waals surface area contributed by atoms with Crippen LogP contribution in [0.1, 0.15) is 18.9 Å². The average Bonchev–Trinajstić information content (AvgIpc) is 2.43. The summed E-state index contributed by atoms with van der Waals surface area (Å²) < 4.78 is 4.93. The second kappa shape index (κ2) is 7.13. The second-order valence-corrected chi connectivity index (χ2v) is 4.31. The predicted octanol–water partition coefficient (Wildman–Crippen LogP) is 1.58. The van der Waals surface area contributed by atoms with Crippen LogP contribution in [0.15, 0.2) is 24.3 Å². The van der Waals surface area contributed by atoms with Crippen LogP contribution in [-0.2, 0) is 16.0 Å². The van der Waals surface area contributed by atoms with E-state index < -0.39 is 6.04 Å². The van der Waals surface area contributed by atoms with Crippen LogP contribution in [0.25, 0.3) is 0 Å². The Bertz CT molecular complexity index is 376. The summed E-state index contributed by atoms with van der Waals surface area (Å²) in [5.41, 5.74) is 7.95. The van der Waals surface area contributed by atoms with E-state index in [9.17, 15) is 4.79 Å². The highest BCUT2D eigenvalue weighted by Gasteiger charge is 2.18. The van der Waals surface area contributed by atoms with E-state index in [1.165, 1.54) is 5.56 Å². The molecule has 1 atom stereocenters. The highest BCUT2D eigenvalue weighted by atomic mass is 16.5. The van der Waals surface area contributed by atoms with E-state index in [0.717, 1.165) is 12.1 Å². The van der Waals surface area contributed by atoms with E-state index in [0.29, 0.717) is 13.0 Å². The Morgan fingerprint density at radius 2 is 2.00 bits per heavy atom. The summed E-state index contributed by atoms with van der Waals surface area (Å²) in [5.74, 6) is -0.0868. The van der Waals surface area contributed by atoms with Gasteiger partial charge in [-0.1, -0.05) is 19.1 Å². The van der Waals surface area contributed by atoms with Crippen LogP contribution in [0.3, 0.4) is 0 Å². The highest BCUT2D eigenvalue weighted by Crippen LogP contribution is 2.15. The van der Waals surface area contributed by atoms with Crippen LogP contribution in [-0.4, -0.2) is 32.7 Å². The first kappa shape index (κ1) is 14.7. The number of hydrogen-bond donors (Lipinski definition) is 1. The quantitative estimate of drug-likeness (QED) is 0.834. The molecule has 0 aliphatic rings. The molecule has 4 heteroatoms. The monoisotopic (exact) mass is 250 g/mol. The lowest BCUT2D eigenvalue weighted by Crippen LogP contribution is -2.42. The van der Waals surface area contributed by atoms with Gasteiger partial charge in [-0.05, 0) is 30.5 Å². The molecule has 0 saturated carbocycles. The molecular weight excluding hydrogens is 228 g/mol. The maximum atomic E-state index is 12.0. The van der Waals surface area contributed by atoms with E-state index in [1.807, 2.05) is 24.3 Å².